The zero-order valence-corrected chi connectivity index (χ0v) is 15.4. The number of hydrogen-bond donors (Lipinski definition) is 2. The number of cyclic esters (lactones) is 1. The summed E-state index contributed by atoms with van der Waals surface area (Å²) in [4.78, 5) is 13.7. The smallest absolute Gasteiger partial charge is 0.411 e. The highest BCUT2D eigenvalue weighted by molar-refractivity contribution is 5.87. The largest absolute Gasteiger partial charge is 0.444 e. The van der Waals surface area contributed by atoms with Crippen LogP contribution in [0.3, 0.4) is 0 Å². The summed E-state index contributed by atoms with van der Waals surface area (Å²) in [6.45, 7) is 2.95. The second kappa shape index (κ2) is 8.11. The van der Waals surface area contributed by atoms with E-state index in [0.717, 1.165) is 36.3 Å². The standard InChI is InChI=1S/C22H26N2O3/c25-21(18-8-9-20-19(12-18)15-27-22(26)23-20)14-24-10-4-7-17(13-24)11-16-5-2-1-3-6-16/h1-3,5-6,8-9,12,17,21,25H,4,7,10-11,13-15H2,(H,23,26)/t17-,21?/m1/s1. The summed E-state index contributed by atoms with van der Waals surface area (Å²) in [6.07, 6.45) is 2.56. The summed E-state index contributed by atoms with van der Waals surface area (Å²) in [5.74, 6) is 0.639. The normalized spacial score (nSPS) is 21.1. The van der Waals surface area contributed by atoms with E-state index in [2.05, 4.69) is 40.5 Å². The van der Waals surface area contributed by atoms with Gasteiger partial charge in [-0.1, -0.05) is 36.4 Å². The van der Waals surface area contributed by atoms with Crippen molar-refractivity contribution in [2.24, 2.45) is 5.92 Å². The van der Waals surface area contributed by atoms with Crippen molar-refractivity contribution in [2.75, 3.05) is 25.0 Å². The maximum Gasteiger partial charge on any atom is 0.411 e. The average molecular weight is 366 g/mol. The second-order valence-electron chi connectivity index (χ2n) is 7.59. The van der Waals surface area contributed by atoms with Gasteiger partial charge in [0, 0.05) is 18.7 Å². The van der Waals surface area contributed by atoms with E-state index in [9.17, 15) is 9.90 Å². The minimum absolute atomic E-state index is 0.255. The number of amides is 1. The molecule has 1 unspecified atom stereocenters. The number of nitrogens with one attached hydrogen (secondary N) is 1. The molecule has 2 atom stereocenters. The molecule has 2 aromatic rings. The molecule has 142 valence electrons. The Balaban J connectivity index is 1.36. The van der Waals surface area contributed by atoms with Crippen molar-refractivity contribution in [1.82, 2.24) is 4.90 Å². The van der Waals surface area contributed by atoms with Crippen LogP contribution in [0.1, 0.15) is 35.6 Å². The number of aliphatic hydroxyl groups is 1. The Morgan fingerprint density at radius 2 is 2.07 bits per heavy atom. The monoisotopic (exact) mass is 366 g/mol. The van der Waals surface area contributed by atoms with Crippen LogP contribution in [0, 0.1) is 5.92 Å². The van der Waals surface area contributed by atoms with E-state index in [4.69, 9.17) is 4.74 Å². The van der Waals surface area contributed by atoms with Gasteiger partial charge in [0.15, 0.2) is 0 Å². The summed E-state index contributed by atoms with van der Waals surface area (Å²) in [7, 11) is 0. The van der Waals surface area contributed by atoms with Gasteiger partial charge < -0.3 is 14.7 Å². The predicted molar refractivity (Wildman–Crippen MR) is 105 cm³/mol. The molecule has 0 bridgehead atoms. The maximum atomic E-state index is 11.3. The first kappa shape index (κ1) is 18.0. The maximum absolute atomic E-state index is 11.3. The van der Waals surface area contributed by atoms with E-state index in [1.165, 1.54) is 18.4 Å². The average Bonchev–Trinajstić information content (AvgIpc) is 2.68. The highest BCUT2D eigenvalue weighted by atomic mass is 16.5. The Hall–Kier alpha value is -2.37. The molecular formula is C22H26N2O3. The van der Waals surface area contributed by atoms with E-state index in [0.29, 0.717) is 12.5 Å². The van der Waals surface area contributed by atoms with Gasteiger partial charge >= 0.3 is 6.09 Å². The van der Waals surface area contributed by atoms with Crippen molar-refractivity contribution in [3.05, 3.63) is 65.2 Å². The van der Waals surface area contributed by atoms with Gasteiger partial charge in [0.25, 0.3) is 0 Å². The van der Waals surface area contributed by atoms with Crippen molar-refractivity contribution in [2.45, 2.75) is 32.0 Å². The number of nitrogens with zero attached hydrogens (tertiary/aromatic N) is 1. The van der Waals surface area contributed by atoms with Gasteiger partial charge in [-0.05, 0) is 55.0 Å². The van der Waals surface area contributed by atoms with Crippen molar-refractivity contribution in [1.29, 1.82) is 0 Å². The van der Waals surface area contributed by atoms with Gasteiger partial charge in [-0.3, -0.25) is 5.32 Å². The first-order valence-electron chi connectivity index (χ1n) is 9.68. The lowest BCUT2D eigenvalue weighted by Crippen LogP contribution is -2.38. The van der Waals surface area contributed by atoms with Crippen molar-refractivity contribution in [3.63, 3.8) is 0 Å². The van der Waals surface area contributed by atoms with Crippen LogP contribution in [0.15, 0.2) is 48.5 Å². The van der Waals surface area contributed by atoms with Crippen LogP contribution in [0.5, 0.6) is 0 Å². The van der Waals surface area contributed by atoms with Crippen molar-refractivity contribution in [3.8, 4) is 0 Å². The van der Waals surface area contributed by atoms with Gasteiger partial charge in [0.1, 0.15) is 6.61 Å². The van der Waals surface area contributed by atoms with E-state index in [1.807, 2.05) is 18.2 Å². The molecule has 4 rings (SSSR count). The Morgan fingerprint density at radius 3 is 2.93 bits per heavy atom. The molecule has 2 N–H and O–H groups in total. The van der Waals surface area contributed by atoms with Gasteiger partial charge in [0.05, 0.1) is 11.8 Å². The Morgan fingerprint density at radius 1 is 1.22 bits per heavy atom. The van der Waals surface area contributed by atoms with Crippen LogP contribution in [0.2, 0.25) is 0 Å². The third kappa shape index (κ3) is 4.49. The third-order valence-electron chi connectivity index (χ3n) is 5.51. The molecule has 1 amide bonds. The molecule has 1 fully saturated rings. The van der Waals surface area contributed by atoms with Crippen LogP contribution in [-0.4, -0.2) is 35.7 Å². The minimum atomic E-state index is -0.539. The van der Waals surface area contributed by atoms with Gasteiger partial charge in [0.2, 0.25) is 0 Å². The lowest BCUT2D eigenvalue weighted by atomic mass is 9.91. The number of hydrogen-bond acceptors (Lipinski definition) is 4. The highest BCUT2D eigenvalue weighted by Crippen LogP contribution is 2.27. The summed E-state index contributed by atoms with van der Waals surface area (Å²) in [6, 6.07) is 16.3. The number of rotatable bonds is 5. The molecule has 0 aromatic heterocycles. The van der Waals surface area contributed by atoms with Crippen LogP contribution < -0.4 is 5.32 Å². The molecule has 2 heterocycles. The number of ether oxygens (including phenoxy) is 1. The summed E-state index contributed by atoms with van der Waals surface area (Å²) in [5.41, 5.74) is 3.94. The number of anilines is 1. The summed E-state index contributed by atoms with van der Waals surface area (Å²) < 4.78 is 5.02. The molecule has 5 heteroatoms. The molecule has 0 aliphatic carbocycles. The first-order valence-corrected chi connectivity index (χ1v) is 9.68. The zero-order chi connectivity index (χ0) is 18.6. The fraction of sp³-hybridized carbons (Fsp3) is 0.409. The second-order valence-corrected chi connectivity index (χ2v) is 7.59. The molecule has 2 aliphatic rings. The lowest BCUT2D eigenvalue weighted by molar-refractivity contribution is 0.0842. The first-order chi connectivity index (χ1) is 13.2. The number of carbonyl (C=O) groups excluding carboxylic acids is 1. The molecule has 0 spiro atoms. The minimum Gasteiger partial charge on any atom is -0.444 e. The van der Waals surface area contributed by atoms with Gasteiger partial charge in [-0.15, -0.1) is 0 Å². The molecule has 1 saturated heterocycles. The lowest BCUT2D eigenvalue weighted by Gasteiger charge is -2.34. The van der Waals surface area contributed by atoms with E-state index < -0.39 is 12.2 Å². The van der Waals surface area contributed by atoms with Crippen molar-refractivity contribution < 1.29 is 14.6 Å². The number of aliphatic hydroxyl groups excluding tert-OH is 1. The Labute approximate surface area is 160 Å². The quantitative estimate of drug-likeness (QED) is 0.846. The Kier molecular flexibility index (Phi) is 5.41. The van der Waals surface area contributed by atoms with E-state index >= 15 is 0 Å². The number of piperidine rings is 1. The van der Waals surface area contributed by atoms with E-state index in [-0.39, 0.29) is 6.61 Å². The van der Waals surface area contributed by atoms with Crippen LogP contribution >= 0.6 is 0 Å². The van der Waals surface area contributed by atoms with Crippen LogP contribution in [0.25, 0.3) is 0 Å². The topological polar surface area (TPSA) is 61.8 Å². The molecule has 2 aliphatic heterocycles. The molecule has 2 aromatic carbocycles. The fourth-order valence-electron chi connectivity index (χ4n) is 4.13. The zero-order valence-electron chi connectivity index (χ0n) is 15.4. The molecule has 27 heavy (non-hydrogen) atoms. The SMILES string of the molecule is O=C1Nc2ccc(C(O)CN3CCC[C@H](Cc4ccccc4)C3)cc2CO1. The molecule has 5 nitrogen and oxygen atoms in total. The predicted octanol–water partition coefficient (Wildman–Crippen LogP) is 3.74. The summed E-state index contributed by atoms with van der Waals surface area (Å²) in [5, 5.41) is 13.4. The van der Waals surface area contributed by atoms with Gasteiger partial charge in [-0.25, -0.2) is 4.79 Å². The highest BCUT2D eigenvalue weighted by Gasteiger charge is 2.23. The third-order valence-corrected chi connectivity index (χ3v) is 5.51. The molecule has 0 saturated carbocycles. The van der Waals surface area contributed by atoms with Crippen molar-refractivity contribution >= 4 is 11.8 Å². The molecule has 0 radical (unpaired) electrons. The van der Waals surface area contributed by atoms with Crippen LogP contribution in [0.4, 0.5) is 10.5 Å². The molecular weight excluding hydrogens is 340 g/mol. The van der Waals surface area contributed by atoms with E-state index in [1.54, 1.807) is 0 Å². The number of fused-ring (bicyclic) bond motifs is 1. The van der Waals surface area contributed by atoms with Gasteiger partial charge in [-0.2, -0.15) is 0 Å². The summed E-state index contributed by atoms with van der Waals surface area (Å²) >= 11 is 0. The number of carbonyl (C=O) groups is 1. The van der Waals surface area contributed by atoms with Crippen LogP contribution in [-0.2, 0) is 17.8 Å². The Bertz CT molecular complexity index is 793. The fourth-order valence-corrected chi connectivity index (χ4v) is 4.13. The number of likely N-dealkylation sites (tertiary alicyclic amines) is 1. The number of β-amino-alcohol motifs (C(OH)–C–C–N with tert-alkyl or cyclic N) is 1. The number of benzene rings is 2.